The van der Waals surface area contributed by atoms with E-state index >= 15 is 0 Å². The van der Waals surface area contributed by atoms with Crippen LogP contribution in [0.4, 0.5) is 5.00 Å². The van der Waals surface area contributed by atoms with Crippen LogP contribution in [-0.4, -0.2) is 40.4 Å². The van der Waals surface area contributed by atoms with Gasteiger partial charge in [0.25, 0.3) is 5.91 Å². The van der Waals surface area contributed by atoms with E-state index in [1.807, 2.05) is 0 Å². The third-order valence-electron chi connectivity index (χ3n) is 3.16. The highest BCUT2D eigenvalue weighted by Gasteiger charge is 2.32. The molecule has 1 fully saturated rings. The van der Waals surface area contributed by atoms with Gasteiger partial charge < -0.3 is 15.3 Å². The van der Waals surface area contributed by atoms with E-state index in [1.165, 1.54) is 11.8 Å². The Bertz CT molecular complexity index is 540. The average molecular weight is 296 g/mol. The van der Waals surface area contributed by atoms with Gasteiger partial charge in [0.1, 0.15) is 6.04 Å². The van der Waals surface area contributed by atoms with Crippen molar-refractivity contribution >= 4 is 34.1 Å². The van der Waals surface area contributed by atoms with E-state index in [4.69, 9.17) is 0 Å². The van der Waals surface area contributed by atoms with Gasteiger partial charge in [-0.05, 0) is 31.4 Å². The molecule has 20 heavy (non-hydrogen) atoms. The van der Waals surface area contributed by atoms with Gasteiger partial charge in [0.2, 0.25) is 5.91 Å². The second kappa shape index (κ2) is 6.04. The van der Waals surface area contributed by atoms with E-state index in [0.717, 1.165) is 24.2 Å². The van der Waals surface area contributed by atoms with Gasteiger partial charge >= 0.3 is 5.97 Å². The van der Waals surface area contributed by atoms with Crippen LogP contribution in [0.15, 0.2) is 12.1 Å². The quantitative estimate of drug-likeness (QED) is 0.890. The number of carboxylic acids is 1. The minimum Gasteiger partial charge on any atom is -0.480 e. The van der Waals surface area contributed by atoms with Crippen molar-refractivity contribution in [2.75, 3.05) is 11.9 Å². The minimum atomic E-state index is -0.961. The van der Waals surface area contributed by atoms with Crippen LogP contribution in [0.5, 0.6) is 0 Å². The van der Waals surface area contributed by atoms with E-state index in [9.17, 15) is 19.5 Å². The fraction of sp³-hybridized carbons (Fsp3) is 0.462. The summed E-state index contributed by atoms with van der Waals surface area (Å²) in [5.41, 5.74) is 0. The van der Waals surface area contributed by atoms with Gasteiger partial charge in [-0.3, -0.25) is 9.59 Å². The first kappa shape index (κ1) is 14.5. The molecule has 0 spiro atoms. The van der Waals surface area contributed by atoms with Gasteiger partial charge in [-0.1, -0.05) is 0 Å². The number of likely N-dealkylation sites (tertiary alicyclic amines) is 1. The van der Waals surface area contributed by atoms with Crippen LogP contribution in [0, 0.1) is 0 Å². The smallest absolute Gasteiger partial charge is 0.326 e. The number of carbonyl (C=O) groups is 3. The van der Waals surface area contributed by atoms with Crippen LogP contribution in [0.1, 0.15) is 35.9 Å². The number of aliphatic carboxylic acids is 1. The number of thiophene rings is 1. The van der Waals surface area contributed by atoms with Crippen molar-refractivity contribution in [1.82, 2.24) is 4.90 Å². The molecule has 0 bridgehead atoms. The maximum absolute atomic E-state index is 12.4. The number of hydrogen-bond donors (Lipinski definition) is 2. The molecule has 2 rings (SSSR count). The molecule has 1 aliphatic heterocycles. The summed E-state index contributed by atoms with van der Waals surface area (Å²) in [7, 11) is 0. The third-order valence-corrected chi connectivity index (χ3v) is 4.15. The van der Waals surface area contributed by atoms with E-state index in [1.54, 1.807) is 12.1 Å². The SMILES string of the molecule is CC(=O)Nc1ccc(C(=O)N2CCCC[C@@H]2C(=O)O)s1. The summed E-state index contributed by atoms with van der Waals surface area (Å²) < 4.78 is 0. The zero-order chi connectivity index (χ0) is 14.7. The van der Waals surface area contributed by atoms with Gasteiger partial charge in [-0.15, -0.1) is 11.3 Å². The lowest BCUT2D eigenvalue weighted by molar-refractivity contribution is -0.143. The zero-order valence-electron chi connectivity index (χ0n) is 11.1. The lowest BCUT2D eigenvalue weighted by atomic mass is 10.0. The molecule has 108 valence electrons. The van der Waals surface area contributed by atoms with E-state index < -0.39 is 12.0 Å². The first-order valence-corrected chi connectivity index (χ1v) is 7.22. The average Bonchev–Trinajstić information content (AvgIpc) is 2.85. The van der Waals surface area contributed by atoms with Crippen LogP contribution in [-0.2, 0) is 9.59 Å². The summed E-state index contributed by atoms with van der Waals surface area (Å²) in [6.07, 6.45) is 2.13. The summed E-state index contributed by atoms with van der Waals surface area (Å²) >= 11 is 1.16. The molecule has 1 aromatic rings. The van der Waals surface area contributed by atoms with Crippen LogP contribution >= 0.6 is 11.3 Å². The van der Waals surface area contributed by atoms with E-state index in [2.05, 4.69) is 5.32 Å². The fourth-order valence-corrected chi connectivity index (χ4v) is 3.17. The van der Waals surface area contributed by atoms with Crippen LogP contribution in [0.2, 0.25) is 0 Å². The second-order valence-corrected chi connectivity index (χ2v) is 5.78. The van der Waals surface area contributed by atoms with Crippen molar-refractivity contribution in [3.05, 3.63) is 17.0 Å². The number of amides is 2. The predicted octanol–water partition coefficient (Wildman–Crippen LogP) is 1.79. The Morgan fingerprint density at radius 2 is 2.10 bits per heavy atom. The second-order valence-electron chi connectivity index (χ2n) is 4.69. The molecule has 1 aliphatic rings. The van der Waals surface area contributed by atoms with Crippen LogP contribution in [0.3, 0.4) is 0 Å². The maximum atomic E-state index is 12.4. The Morgan fingerprint density at radius 1 is 1.35 bits per heavy atom. The Labute approximate surface area is 120 Å². The Morgan fingerprint density at radius 3 is 2.75 bits per heavy atom. The van der Waals surface area contributed by atoms with Gasteiger partial charge in [-0.25, -0.2) is 4.79 Å². The Balaban J connectivity index is 2.14. The van der Waals surface area contributed by atoms with Crippen LogP contribution in [0.25, 0.3) is 0 Å². The minimum absolute atomic E-state index is 0.202. The number of carboxylic acid groups (broad SMARTS) is 1. The number of nitrogens with one attached hydrogen (secondary N) is 1. The largest absolute Gasteiger partial charge is 0.480 e. The molecule has 0 aliphatic carbocycles. The monoisotopic (exact) mass is 296 g/mol. The fourth-order valence-electron chi connectivity index (χ4n) is 2.27. The first-order valence-electron chi connectivity index (χ1n) is 6.40. The van der Waals surface area contributed by atoms with Crippen molar-refractivity contribution < 1.29 is 19.5 Å². The standard InChI is InChI=1S/C13H16N2O4S/c1-8(16)14-11-6-5-10(20-11)12(17)15-7-3-2-4-9(15)13(18)19/h5-6,9H,2-4,7H2,1H3,(H,14,16)(H,18,19)/t9-/m1/s1. The van der Waals surface area contributed by atoms with Gasteiger partial charge in [0.05, 0.1) is 9.88 Å². The first-order chi connectivity index (χ1) is 9.49. The molecule has 2 N–H and O–H groups in total. The molecule has 1 aromatic heterocycles. The summed E-state index contributed by atoms with van der Waals surface area (Å²) in [5.74, 6) is -1.44. The molecular formula is C13H16N2O4S. The number of anilines is 1. The van der Waals surface area contributed by atoms with Crippen molar-refractivity contribution in [3.63, 3.8) is 0 Å². The number of rotatable bonds is 3. The lowest BCUT2D eigenvalue weighted by Gasteiger charge is -2.32. The van der Waals surface area contributed by atoms with Gasteiger partial charge in [-0.2, -0.15) is 0 Å². The number of nitrogens with zero attached hydrogens (tertiary/aromatic N) is 1. The topological polar surface area (TPSA) is 86.7 Å². The van der Waals surface area contributed by atoms with E-state index in [-0.39, 0.29) is 11.8 Å². The molecule has 0 saturated carbocycles. The summed E-state index contributed by atoms with van der Waals surface area (Å²) in [6.45, 7) is 1.86. The Kier molecular flexibility index (Phi) is 4.39. The number of piperidine rings is 1. The molecule has 2 amide bonds. The highest BCUT2D eigenvalue weighted by Crippen LogP contribution is 2.26. The zero-order valence-corrected chi connectivity index (χ0v) is 11.9. The molecule has 7 heteroatoms. The van der Waals surface area contributed by atoms with Gasteiger partial charge in [0, 0.05) is 13.5 Å². The molecule has 0 radical (unpaired) electrons. The molecule has 1 saturated heterocycles. The molecular weight excluding hydrogens is 280 g/mol. The third kappa shape index (κ3) is 3.16. The molecule has 2 heterocycles. The van der Waals surface area contributed by atoms with Crippen molar-refractivity contribution in [1.29, 1.82) is 0 Å². The highest BCUT2D eigenvalue weighted by atomic mass is 32.1. The van der Waals surface area contributed by atoms with Gasteiger partial charge in [0.15, 0.2) is 0 Å². The van der Waals surface area contributed by atoms with E-state index in [0.29, 0.717) is 22.8 Å². The highest BCUT2D eigenvalue weighted by molar-refractivity contribution is 7.18. The van der Waals surface area contributed by atoms with Crippen LogP contribution < -0.4 is 5.32 Å². The Hall–Kier alpha value is -1.89. The molecule has 1 atom stereocenters. The van der Waals surface area contributed by atoms with Crippen molar-refractivity contribution in [2.45, 2.75) is 32.2 Å². The molecule has 0 aromatic carbocycles. The van der Waals surface area contributed by atoms with Crippen molar-refractivity contribution in [2.24, 2.45) is 0 Å². The predicted molar refractivity (Wildman–Crippen MR) is 74.9 cm³/mol. The molecule has 0 unspecified atom stereocenters. The summed E-state index contributed by atoms with van der Waals surface area (Å²) in [5, 5.41) is 12.4. The molecule has 6 nitrogen and oxygen atoms in total. The normalized spacial score (nSPS) is 18.6. The number of hydrogen-bond acceptors (Lipinski definition) is 4. The lowest BCUT2D eigenvalue weighted by Crippen LogP contribution is -2.47. The van der Waals surface area contributed by atoms with Crippen molar-refractivity contribution in [3.8, 4) is 0 Å². The summed E-state index contributed by atoms with van der Waals surface area (Å²) in [4.78, 5) is 36.4. The number of carbonyl (C=O) groups excluding carboxylic acids is 2. The maximum Gasteiger partial charge on any atom is 0.326 e. The summed E-state index contributed by atoms with van der Waals surface area (Å²) in [6, 6.07) is 2.52.